The Hall–Kier alpha value is -2.83. The molecule has 0 atom stereocenters. The van der Waals surface area contributed by atoms with E-state index in [0.29, 0.717) is 0 Å². The minimum Gasteiger partial charge on any atom is -0.507 e. The first-order valence-corrected chi connectivity index (χ1v) is 7.00. The van der Waals surface area contributed by atoms with Crippen molar-refractivity contribution in [1.29, 1.82) is 0 Å². The van der Waals surface area contributed by atoms with Gasteiger partial charge in [-0.3, -0.25) is 5.10 Å². The van der Waals surface area contributed by atoms with E-state index in [1.165, 1.54) is 30.3 Å². The molecule has 0 fully saturated rings. The molecule has 0 saturated carbocycles. The first kappa shape index (κ1) is 16.0. The normalized spacial score (nSPS) is 11.7. The molecule has 0 aliphatic carbocycles. The number of aromatic nitrogens is 2. The Balaban J connectivity index is 2.08. The minimum atomic E-state index is -3.64. The van der Waals surface area contributed by atoms with Crippen molar-refractivity contribution < 1.29 is 22.7 Å². The second-order valence-electron chi connectivity index (χ2n) is 5.21. The molecular weight excluding hydrogens is 324 g/mol. The number of hydrogen-bond donors (Lipinski definition) is 2. The Morgan fingerprint density at radius 3 is 2.54 bits per heavy atom. The lowest BCUT2D eigenvalue weighted by Gasteiger charge is -2.15. The van der Waals surface area contributed by atoms with Gasteiger partial charge in [0, 0.05) is 16.7 Å². The predicted octanol–water partition coefficient (Wildman–Crippen LogP) is 4.65. The fraction of sp³-hybridized carbons (Fsp3) is 0.118. The minimum absolute atomic E-state index is 0.0785. The van der Waals surface area contributed by atoms with Crippen LogP contribution in [0.2, 0.25) is 0 Å². The third kappa shape index (κ3) is 2.84. The van der Waals surface area contributed by atoms with Gasteiger partial charge in [-0.1, -0.05) is 24.3 Å². The number of phenols is 1. The van der Waals surface area contributed by atoms with Gasteiger partial charge in [-0.25, -0.2) is 8.78 Å². The van der Waals surface area contributed by atoms with E-state index < -0.39 is 24.0 Å². The van der Waals surface area contributed by atoms with Crippen LogP contribution in [0.15, 0.2) is 48.5 Å². The molecule has 0 aliphatic rings. The van der Waals surface area contributed by atoms with Crippen molar-refractivity contribution in [2.24, 2.45) is 0 Å². The molecule has 0 saturated heterocycles. The molecule has 0 bridgehead atoms. The second kappa shape index (κ2) is 5.99. The summed E-state index contributed by atoms with van der Waals surface area (Å²) in [7, 11) is 0. The highest BCUT2D eigenvalue weighted by Crippen LogP contribution is 2.37. The zero-order valence-electron chi connectivity index (χ0n) is 12.2. The number of H-pyrrole nitrogens is 1. The van der Waals surface area contributed by atoms with Crippen molar-refractivity contribution >= 4 is 0 Å². The number of benzene rings is 2. The molecule has 0 aliphatic heterocycles. The molecule has 3 rings (SSSR count). The standard InChI is InChI=1S/C17H12F4N2O/c18-9-17(20,21)13-4-2-1-3-11(13)14-8-15(23-22-14)12-7-10(19)5-6-16(12)24/h1-8,24H,9H2,(H,22,23). The zero-order chi connectivity index (χ0) is 17.3. The third-order valence-corrected chi connectivity index (χ3v) is 3.59. The van der Waals surface area contributed by atoms with Crippen LogP contribution in [0.5, 0.6) is 5.75 Å². The van der Waals surface area contributed by atoms with Gasteiger partial charge in [-0.2, -0.15) is 13.9 Å². The summed E-state index contributed by atoms with van der Waals surface area (Å²) in [5, 5.41) is 16.3. The van der Waals surface area contributed by atoms with E-state index in [4.69, 9.17) is 0 Å². The van der Waals surface area contributed by atoms with Crippen LogP contribution in [0.25, 0.3) is 22.5 Å². The summed E-state index contributed by atoms with van der Waals surface area (Å²) in [5.74, 6) is -4.41. The number of halogens is 4. The van der Waals surface area contributed by atoms with Crippen molar-refractivity contribution in [3.05, 3.63) is 59.9 Å². The SMILES string of the molecule is Oc1ccc(F)cc1-c1cc(-c2ccccc2C(F)(F)CF)[nH]n1. The molecule has 0 radical (unpaired) electrons. The fourth-order valence-corrected chi connectivity index (χ4v) is 2.42. The smallest absolute Gasteiger partial charge is 0.301 e. The van der Waals surface area contributed by atoms with Crippen LogP contribution < -0.4 is 0 Å². The fourth-order valence-electron chi connectivity index (χ4n) is 2.42. The molecular formula is C17H12F4N2O. The summed E-state index contributed by atoms with van der Waals surface area (Å²) in [4.78, 5) is 0. The molecule has 0 unspecified atom stereocenters. The largest absolute Gasteiger partial charge is 0.507 e. The summed E-state index contributed by atoms with van der Waals surface area (Å²) in [6.45, 7) is -1.82. The highest BCUT2D eigenvalue weighted by atomic mass is 19.3. The predicted molar refractivity (Wildman–Crippen MR) is 81.0 cm³/mol. The second-order valence-corrected chi connectivity index (χ2v) is 5.21. The molecule has 1 heterocycles. The number of rotatable bonds is 4. The van der Waals surface area contributed by atoms with Crippen molar-refractivity contribution in [3.8, 4) is 28.3 Å². The number of phenolic OH excluding ortho intramolecular Hbond substituents is 1. The first-order valence-electron chi connectivity index (χ1n) is 7.00. The van der Waals surface area contributed by atoms with Crippen LogP contribution in [-0.2, 0) is 5.92 Å². The Bertz CT molecular complexity index is 877. The molecule has 1 aromatic heterocycles. The number of aromatic hydroxyl groups is 1. The van der Waals surface area contributed by atoms with Gasteiger partial charge in [0.15, 0.2) is 6.67 Å². The number of aromatic amines is 1. The third-order valence-electron chi connectivity index (χ3n) is 3.59. The van der Waals surface area contributed by atoms with Crippen LogP contribution in [0.3, 0.4) is 0 Å². The van der Waals surface area contributed by atoms with Gasteiger partial charge in [0.1, 0.15) is 11.6 Å². The first-order chi connectivity index (χ1) is 11.4. The van der Waals surface area contributed by atoms with Crippen LogP contribution in [0.4, 0.5) is 17.6 Å². The summed E-state index contributed by atoms with van der Waals surface area (Å²) in [6.07, 6.45) is 0. The van der Waals surface area contributed by atoms with E-state index in [9.17, 15) is 22.7 Å². The summed E-state index contributed by atoms with van der Waals surface area (Å²) < 4.78 is 53.6. The van der Waals surface area contributed by atoms with Crippen molar-refractivity contribution in [3.63, 3.8) is 0 Å². The number of hydrogen-bond acceptors (Lipinski definition) is 2. The molecule has 24 heavy (non-hydrogen) atoms. The molecule has 0 spiro atoms. The lowest BCUT2D eigenvalue weighted by atomic mass is 9.99. The molecule has 124 valence electrons. The highest BCUT2D eigenvalue weighted by molar-refractivity contribution is 5.73. The van der Waals surface area contributed by atoms with Gasteiger partial charge in [-0.05, 0) is 24.3 Å². The number of alkyl halides is 3. The van der Waals surface area contributed by atoms with Crippen LogP contribution in [-0.4, -0.2) is 22.0 Å². The molecule has 0 amide bonds. The van der Waals surface area contributed by atoms with E-state index in [1.807, 2.05) is 0 Å². The lowest BCUT2D eigenvalue weighted by Crippen LogP contribution is -2.17. The van der Waals surface area contributed by atoms with Gasteiger partial charge >= 0.3 is 5.92 Å². The monoisotopic (exact) mass is 336 g/mol. The Kier molecular flexibility index (Phi) is 4.01. The van der Waals surface area contributed by atoms with Crippen molar-refractivity contribution in [2.45, 2.75) is 5.92 Å². The topological polar surface area (TPSA) is 48.9 Å². The van der Waals surface area contributed by atoms with Gasteiger partial charge in [0.25, 0.3) is 0 Å². The average Bonchev–Trinajstić information content (AvgIpc) is 3.07. The Labute approximate surface area is 134 Å². The quantitative estimate of drug-likeness (QED) is 0.681. The summed E-state index contributed by atoms with van der Waals surface area (Å²) in [6, 6.07) is 10.2. The highest BCUT2D eigenvalue weighted by Gasteiger charge is 2.34. The maximum absolute atomic E-state index is 13.8. The van der Waals surface area contributed by atoms with Gasteiger partial charge in [0.2, 0.25) is 0 Å². The van der Waals surface area contributed by atoms with Gasteiger partial charge < -0.3 is 5.11 Å². The van der Waals surface area contributed by atoms with Crippen LogP contribution in [0, 0.1) is 5.82 Å². The molecule has 7 heteroatoms. The maximum Gasteiger partial charge on any atom is 0.301 e. The number of nitrogens with zero attached hydrogens (tertiary/aromatic N) is 1. The van der Waals surface area contributed by atoms with Crippen molar-refractivity contribution in [1.82, 2.24) is 10.2 Å². The molecule has 3 aromatic rings. The van der Waals surface area contributed by atoms with Gasteiger partial charge in [0.05, 0.1) is 11.4 Å². The molecule has 2 N–H and O–H groups in total. The summed E-state index contributed by atoms with van der Waals surface area (Å²) in [5.41, 5.74) is 0.103. The number of nitrogens with one attached hydrogen (secondary N) is 1. The van der Waals surface area contributed by atoms with E-state index in [2.05, 4.69) is 10.2 Å². The van der Waals surface area contributed by atoms with E-state index in [1.54, 1.807) is 0 Å². The van der Waals surface area contributed by atoms with Crippen LogP contribution >= 0.6 is 0 Å². The Morgan fingerprint density at radius 1 is 1.04 bits per heavy atom. The Morgan fingerprint density at radius 2 is 1.79 bits per heavy atom. The summed E-state index contributed by atoms with van der Waals surface area (Å²) >= 11 is 0. The average molecular weight is 336 g/mol. The van der Waals surface area contributed by atoms with Gasteiger partial charge in [-0.15, -0.1) is 0 Å². The maximum atomic E-state index is 13.8. The van der Waals surface area contributed by atoms with E-state index >= 15 is 0 Å². The zero-order valence-corrected chi connectivity index (χ0v) is 12.2. The van der Waals surface area contributed by atoms with Crippen LogP contribution in [0.1, 0.15) is 5.56 Å². The lowest BCUT2D eigenvalue weighted by molar-refractivity contribution is -0.0275. The molecule has 3 nitrogen and oxygen atoms in total. The van der Waals surface area contributed by atoms with Crippen molar-refractivity contribution in [2.75, 3.05) is 6.67 Å². The molecule has 2 aromatic carbocycles. The van der Waals surface area contributed by atoms with E-state index in [0.717, 1.165) is 18.2 Å². The van der Waals surface area contributed by atoms with E-state index in [-0.39, 0.29) is 28.3 Å².